The van der Waals surface area contributed by atoms with Crippen LogP contribution < -0.4 is 0 Å². The van der Waals surface area contributed by atoms with Gasteiger partial charge in [0.1, 0.15) is 5.82 Å². The highest BCUT2D eigenvalue weighted by atomic mass is 35.5. The van der Waals surface area contributed by atoms with E-state index in [1.807, 2.05) is 0 Å². The first-order valence-corrected chi connectivity index (χ1v) is 5.02. The van der Waals surface area contributed by atoms with Gasteiger partial charge >= 0.3 is 5.97 Å². The lowest BCUT2D eigenvalue weighted by Crippen LogP contribution is -2.19. The van der Waals surface area contributed by atoms with Gasteiger partial charge in [0, 0.05) is 5.02 Å². The zero-order chi connectivity index (χ0) is 12.3. The molecule has 0 atom stereocenters. The van der Waals surface area contributed by atoms with Crippen LogP contribution in [0.25, 0.3) is 0 Å². The van der Waals surface area contributed by atoms with Crippen molar-refractivity contribution in [2.45, 2.75) is 13.8 Å². The van der Waals surface area contributed by atoms with Crippen molar-refractivity contribution in [3.05, 3.63) is 34.1 Å². The normalized spacial score (nSPS) is 10.0. The highest BCUT2D eigenvalue weighted by Crippen LogP contribution is 2.20. The molecule has 0 bridgehead atoms. The van der Waals surface area contributed by atoms with Crippen LogP contribution in [0.15, 0.2) is 12.1 Å². The molecular formula is C11H10ClFO3. The Morgan fingerprint density at radius 1 is 1.44 bits per heavy atom. The number of hydrogen-bond donors (Lipinski definition) is 0. The molecule has 0 amide bonds. The van der Waals surface area contributed by atoms with Crippen LogP contribution in [-0.4, -0.2) is 18.4 Å². The standard InChI is InChI=1S/C11H10ClFO3/c1-3-16-11(15)10(14)7-4-6(2)8(12)5-9(7)13/h4-5H,3H2,1-2H3. The smallest absolute Gasteiger partial charge is 0.379 e. The van der Waals surface area contributed by atoms with E-state index in [0.717, 1.165) is 6.07 Å². The quantitative estimate of drug-likeness (QED) is 0.466. The Hall–Kier alpha value is -1.42. The van der Waals surface area contributed by atoms with Crippen molar-refractivity contribution >= 4 is 23.4 Å². The number of carbonyl (C=O) groups excluding carboxylic acids is 2. The molecule has 0 saturated heterocycles. The number of esters is 1. The summed E-state index contributed by atoms with van der Waals surface area (Å²) < 4.78 is 17.9. The fourth-order valence-electron chi connectivity index (χ4n) is 1.14. The second-order valence-electron chi connectivity index (χ2n) is 3.13. The molecule has 0 aliphatic carbocycles. The van der Waals surface area contributed by atoms with Crippen molar-refractivity contribution in [1.29, 1.82) is 0 Å². The molecule has 0 heterocycles. The van der Waals surface area contributed by atoms with Gasteiger partial charge in [0.15, 0.2) is 0 Å². The maximum Gasteiger partial charge on any atom is 0.379 e. The number of hydrogen-bond acceptors (Lipinski definition) is 3. The molecular weight excluding hydrogens is 235 g/mol. The summed E-state index contributed by atoms with van der Waals surface area (Å²) in [6, 6.07) is 2.24. The van der Waals surface area contributed by atoms with Crippen molar-refractivity contribution in [3.8, 4) is 0 Å². The number of carbonyl (C=O) groups is 2. The first-order chi connectivity index (χ1) is 7.47. The van der Waals surface area contributed by atoms with E-state index in [1.165, 1.54) is 6.07 Å². The molecule has 0 radical (unpaired) electrons. The van der Waals surface area contributed by atoms with Gasteiger partial charge in [-0.05, 0) is 31.5 Å². The van der Waals surface area contributed by atoms with Crippen molar-refractivity contribution in [3.63, 3.8) is 0 Å². The first-order valence-electron chi connectivity index (χ1n) is 4.64. The number of aryl methyl sites for hydroxylation is 1. The van der Waals surface area contributed by atoms with E-state index in [1.54, 1.807) is 13.8 Å². The van der Waals surface area contributed by atoms with E-state index in [0.29, 0.717) is 5.56 Å². The molecule has 0 spiro atoms. The molecule has 1 aromatic rings. The SMILES string of the molecule is CCOC(=O)C(=O)c1cc(C)c(Cl)cc1F. The molecule has 3 nitrogen and oxygen atoms in total. The summed E-state index contributed by atoms with van der Waals surface area (Å²) in [5, 5.41) is 0.206. The van der Waals surface area contributed by atoms with Gasteiger partial charge in [-0.3, -0.25) is 4.79 Å². The summed E-state index contributed by atoms with van der Waals surface area (Å²) in [5.74, 6) is -2.89. The van der Waals surface area contributed by atoms with Crippen LogP contribution in [0.3, 0.4) is 0 Å². The largest absolute Gasteiger partial charge is 0.460 e. The predicted molar refractivity (Wildman–Crippen MR) is 57.1 cm³/mol. The van der Waals surface area contributed by atoms with Crippen molar-refractivity contribution < 1.29 is 18.7 Å². The molecule has 0 aliphatic rings. The lowest BCUT2D eigenvalue weighted by atomic mass is 10.1. The summed E-state index contributed by atoms with van der Waals surface area (Å²) >= 11 is 5.66. The Bertz CT molecular complexity index is 443. The second-order valence-corrected chi connectivity index (χ2v) is 3.54. The third-order valence-electron chi connectivity index (χ3n) is 1.95. The molecule has 0 saturated carbocycles. The highest BCUT2D eigenvalue weighted by Gasteiger charge is 2.22. The van der Waals surface area contributed by atoms with Crippen molar-refractivity contribution in [2.24, 2.45) is 0 Å². The molecule has 1 aromatic carbocycles. The molecule has 0 fully saturated rings. The Morgan fingerprint density at radius 3 is 2.62 bits per heavy atom. The van der Waals surface area contributed by atoms with E-state index in [9.17, 15) is 14.0 Å². The minimum atomic E-state index is -1.07. The maximum absolute atomic E-state index is 13.4. The monoisotopic (exact) mass is 244 g/mol. The molecule has 0 N–H and O–H groups in total. The maximum atomic E-state index is 13.4. The summed E-state index contributed by atoms with van der Waals surface area (Å²) in [5.41, 5.74) is 0.205. The minimum absolute atomic E-state index is 0.0682. The number of Topliss-reactive ketones (excluding diaryl/α,β-unsaturated/α-hetero) is 1. The number of benzene rings is 1. The van der Waals surface area contributed by atoms with Crippen LogP contribution in [0, 0.1) is 12.7 Å². The molecule has 86 valence electrons. The molecule has 16 heavy (non-hydrogen) atoms. The number of ketones is 1. The fourth-order valence-corrected chi connectivity index (χ4v) is 1.29. The van der Waals surface area contributed by atoms with Crippen LogP contribution in [0.4, 0.5) is 4.39 Å². The van der Waals surface area contributed by atoms with Gasteiger partial charge < -0.3 is 4.74 Å². The van der Waals surface area contributed by atoms with Gasteiger partial charge in [-0.2, -0.15) is 0 Å². The van der Waals surface area contributed by atoms with Crippen LogP contribution in [-0.2, 0) is 9.53 Å². The lowest BCUT2D eigenvalue weighted by Gasteiger charge is -2.05. The summed E-state index contributed by atoms with van der Waals surface area (Å²) in [4.78, 5) is 22.6. The van der Waals surface area contributed by atoms with Crippen molar-refractivity contribution in [2.75, 3.05) is 6.61 Å². The molecule has 5 heteroatoms. The van der Waals surface area contributed by atoms with Gasteiger partial charge in [-0.15, -0.1) is 0 Å². The first kappa shape index (κ1) is 12.6. The van der Waals surface area contributed by atoms with Crippen LogP contribution >= 0.6 is 11.6 Å². The Kier molecular flexibility index (Phi) is 4.01. The van der Waals surface area contributed by atoms with Crippen LogP contribution in [0.2, 0.25) is 5.02 Å². The topological polar surface area (TPSA) is 43.4 Å². The highest BCUT2D eigenvalue weighted by molar-refractivity contribution is 6.41. The van der Waals surface area contributed by atoms with Gasteiger partial charge in [0.05, 0.1) is 12.2 Å². The van der Waals surface area contributed by atoms with Crippen LogP contribution in [0.5, 0.6) is 0 Å². The number of ether oxygens (including phenoxy) is 1. The average Bonchev–Trinajstić information content (AvgIpc) is 2.23. The lowest BCUT2D eigenvalue weighted by molar-refractivity contribution is -0.137. The fraction of sp³-hybridized carbons (Fsp3) is 0.273. The second kappa shape index (κ2) is 5.07. The minimum Gasteiger partial charge on any atom is -0.460 e. The number of halogens is 2. The van der Waals surface area contributed by atoms with Gasteiger partial charge in [0.2, 0.25) is 0 Å². The summed E-state index contributed by atoms with van der Waals surface area (Å²) in [7, 11) is 0. The van der Waals surface area contributed by atoms with E-state index in [4.69, 9.17) is 11.6 Å². The molecule has 0 aromatic heterocycles. The predicted octanol–water partition coefficient (Wildman–Crippen LogP) is 2.53. The molecule has 0 unspecified atom stereocenters. The van der Waals surface area contributed by atoms with E-state index in [-0.39, 0.29) is 17.2 Å². The molecule has 0 aliphatic heterocycles. The van der Waals surface area contributed by atoms with Crippen molar-refractivity contribution in [1.82, 2.24) is 0 Å². The van der Waals surface area contributed by atoms with Gasteiger partial charge in [-0.25, -0.2) is 9.18 Å². The summed E-state index contributed by atoms with van der Waals surface area (Å²) in [6.07, 6.45) is 0. The van der Waals surface area contributed by atoms with Gasteiger partial charge in [0.25, 0.3) is 5.78 Å². The molecule has 1 rings (SSSR count). The zero-order valence-electron chi connectivity index (χ0n) is 8.84. The Morgan fingerprint density at radius 2 is 2.06 bits per heavy atom. The zero-order valence-corrected chi connectivity index (χ0v) is 9.60. The van der Waals surface area contributed by atoms with E-state index in [2.05, 4.69) is 4.74 Å². The van der Waals surface area contributed by atoms with Crippen LogP contribution in [0.1, 0.15) is 22.8 Å². The van der Waals surface area contributed by atoms with Gasteiger partial charge in [-0.1, -0.05) is 11.6 Å². The van der Waals surface area contributed by atoms with E-state index >= 15 is 0 Å². The van der Waals surface area contributed by atoms with E-state index < -0.39 is 17.6 Å². The Balaban J connectivity index is 3.09. The third-order valence-corrected chi connectivity index (χ3v) is 2.36. The third kappa shape index (κ3) is 2.58. The average molecular weight is 245 g/mol. The Labute approximate surface area is 97.2 Å². The summed E-state index contributed by atoms with van der Waals surface area (Å²) in [6.45, 7) is 3.25. The number of rotatable bonds is 3.